The Kier molecular flexibility index (Phi) is 2.60. The average Bonchev–Trinajstić information content (AvgIpc) is 2.93. The van der Waals surface area contributed by atoms with E-state index in [1.165, 1.54) is 6.08 Å². The molecule has 0 unspecified atom stereocenters. The van der Waals surface area contributed by atoms with Gasteiger partial charge in [0.15, 0.2) is 0 Å². The zero-order valence-electron chi connectivity index (χ0n) is 9.41. The summed E-state index contributed by atoms with van der Waals surface area (Å²) in [4.78, 5) is 22.0. The Morgan fingerprint density at radius 1 is 1.50 bits per heavy atom. The van der Waals surface area contributed by atoms with Gasteiger partial charge in [-0.1, -0.05) is 0 Å². The summed E-state index contributed by atoms with van der Waals surface area (Å²) >= 11 is 0. The van der Waals surface area contributed by atoms with E-state index in [-0.39, 0.29) is 0 Å². The number of hydrogen-bond donors (Lipinski definition) is 0. The molecule has 0 amide bonds. The Bertz CT molecular complexity index is 395. The molecule has 1 heterocycles. The van der Waals surface area contributed by atoms with E-state index < -0.39 is 11.8 Å². The molecule has 0 bridgehead atoms. The minimum Gasteiger partial charge on any atom is -0.457 e. The van der Waals surface area contributed by atoms with Crippen LogP contribution in [0.1, 0.15) is 33.1 Å². The van der Waals surface area contributed by atoms with Gasteiger partial charge < -0.3 is 9.47 Å². The lowest BCUT2D eigenvalue weighted by Crippen LogP contribution is -2.34. The fourth-order valence-corrected chi connectivity index (χ4v) is 1.74. The van der Waals surface area contributed by atoms with Gasteiger partial charge in [-0.2, -0.15) is 0 Å². The van der Waals surface area contributed by atoms with E-state index in [4.69, 9.17) is 9.47 Å². The third-order valence-corrected chi connectivity index (χ3v) is 2.57. The highest BCUT2D eigenvalue weighted by Crippen LogP contribution is 2.39. The number of cyclic esters (lactones) is 1. The monoisotopic (exact) mass is 222 g/mol. The molecule has 0 aromatic rings. The van der Waals surface area contributed by atoms with Crippen LogP contribution in [0, 0.1) is 5.92 Å². The fraction of sp³-hybridized carbons (Fsp3) is 0.583. The van der Waals surface area contributed by atoms with E-state index in [2.05, 4.69) is 0 Å². The SMILES string of the molecule is CC1(C)OC(=O)C=C(CC(=C=O)C2CC2)O1. The van der Waals surface area contributed by atoms with Crippen LogP contribution in [0.4, 0.5) is 0 Å². The molecule has 0 aromatic carbocycles. The normalized spacial score (nSPS) is 22.6. The van der Waals surface area contributed by atoms with Gasteiger partial charge in [0.25, 0.3) is 0 Å². The van der Waals surface area contributed by atoms with Crippen LogP contribution in [0.2, 0.25) is 0 Å². The van der Waals surface area contributed by atoms with Crippen LogP contribution in [0.25, 0.3) is 0 Å². The number of rotatable bonds is 3. The molecule has 1 saturated carbocycles. The van der Waals surface area contributed by atoms with Gasteiger partial charge in [0, 0.05) is 25.8 Å². The molecule has 1 aliphatic carbocycles. The van der Waals surface area contributed by atoms with Gasteiger partial charge in [-0.25, -0.2) is 9.59 Å². The largest absolute Gasteiger partial charge is 0.457 e. The van der Waals surface area contributed by atoms with Crippen LogP contribution in [0.3, 0.4) is 0 Å². The van der Waals surface area contributed by atoms with E-state index in [1.807, 2.05) is 5.94 Å². The maximum Gasteiger partial charge on any atom is 0.337 e. The Hall–Kier alpha value is -1.54. The number of hydrogen-bond acceptors (Lipinski definition) is 4. The molecule has 2 aliphatic rings. The van der Waals surface area contributed by atoms with Crippen LogP contribution < -0.4 is 0 Å². The van der Waals surface area contributed by atoms with Gasteiger partial charge in [-0.15, -0.1) is 0 Å². The van der Waals surface area contributed by atoms with Crippen molar-refractivity contribution < 1.29 is 19.1 Å². The first-order chi connectivity index (χ1) is 7.50. The second-order valence-corrected chi connectivity index (χ2v) is 4.61. The molecule has 2 rings (SSSR count). The third kappa shape index (κ3) is 2.52. The van der Waals surface area contributed by atoms with Crippen molar-refractivity contribution in [3.05, 3.63) is 17.4 Å². The Balaban J connectivity index is 2.09. The van der Waals surface area contributed by atoms with Crippen molar-refractivity contribution >= 4 is 11.9 Å². The summed E-state index contributed by atoms with van der Waals surface area (Å²) in [5.74, 6) is 1.41. The molecule has 0 saturated heterocycles. The second-order valence-electron chi connectivity index (χ2n) is 4.61. The highest BCUT2D eigenvalue weighted by atomic mass is 16.7. The maximum absolute atomic E-state index is 11.3. The van der Waals surface area contributed by atoms with Crippen LogP contribution in [0.15, 0.2) is 17.4 Å². The van der Waals surface area contributed by atoms with Gasteiger partial charge in [-0.3, -0.25) is 0 Å². The number of ether oxygens (including phenoxy) is 2. The van der Waals surface area contributed by atoms with Crippen molar-refractivity contribution in [1.82, 2.24) is 0 Å². The zero-order chi connectivity index (χ0) is 11.8. The number of carbonyl (C=O) groups is 1. The highest BCUT2D eigenvalue weighted by molar-refractivity contribution is 5.83. The molecule has 0 N–H and O–H groups in total. The Labute approximate surface area is 93.9 Å². The summed E-state index contributed by atoms with van der Waals surface area (Å²) in [5.41, 5.74) is 0.691. The molecule has 86 valence electrons. The predicted molar refractivity (Wildman–Crippen MR) is 55.9 cm³/mol. The molecule has 1 fully saturated rings. The molecule has 0 spiro atoms. The first kappa shape index (κ1) is 11.0. The number of allylic oxidation sites excluding steroid dienone is 1. The van der Waals surface area contributed by atoms with Crippen molar-refractivity contribution in [2.24, 2.45) is 5.92 Å². The minimum absolute atomic E-state index is 0.336. The number of esters is 1. The van der Waals surface area contributed by atoms with Crippen molar-refractivity contribution in [3.8, 4) is 0 Å². The minimum atomic E-state index is -0.946. The molecular formula is C12H14O4. The Morgan fingerprint density at radius 3 is 2.69 bits per heavy atom. The molecule has 4 nitrogen and oxygen atoms in total. The molecule has 0 radical (unpaired) electrons. The molecule has 0 atom stereocenters. The summed E-state index contributed by atoms with van der Waals surface area (Å²) in [6.07, 6.45) is 3.73. The van der Waals surface area contributed by atoms with Crippen molar-refractivity contribution in [3.63, 3.8) is 0 Å². The topological polar surface area (TPSA) is 52.6 Å². The molecular weight excluding hydrogens is 208 g/mol. The lowest BCUT2D eigenvalue weighted by Gasteiger charge is -2.30. The van der Waals surface area contributed by atoms with Gasteiger partial charge in [0.1, 0.15) is 11.7 Å². The summed E-state index contributed by atoms with van der Waals surface area (Å²) in [7, 11) is 0. The van der Waals surface area contributed by atoms with Crippen molar-refractivity contribution in [1.29, 1.82) is 0 Å². The lowest BCUT2D eigenvalue weighted by atomic mass is 10.1. The van der Waals surface area contributed by atoms with E-state index >= 15 is 0 Å². The van der Waals surface area contributed by atoms with E-state index in [0.29, 0.717) is 23.7 Å². The van der Waals surface area contributed by atoms with Crippen LogP contribution in [-0.4, -0.2) is 17.7 Å². The number of carbonyl (C=O) groups excluding carboxylic acids is 2. The van der Waals surface area contributed by atoms with Gasteiger partial charge in [0.2, 0.25) is 5.79 Å². The highest BCUT2D eigenvalue weighted by Gasteiger charge is 2.33. The third-order valence-electron chi connectivity index (χ3n) is 2.57. The second kappa shape index (κ2) is 3.80. The van der Waals surface area contributed by atoms with Gasteiger partial charge in [-0.05, 0) is 18.8 Å². The first-order valence-electron chi connectivity index (χ1n) is 5.36. The lowest BCUT2D eigenvalue weighted by molar-refractivity contribution is -0.205. The molecule has 0 aromatic heterocycles. The van der Waals surface area contributed by atoms with E-state index in [0.717, 1.165) is 12.8 Å². The Morgan fingerprint density at radius 2 is 2.19 bits per heavy atom. The summed E-state index contributed by atoms with van der Waals surface area (Å²) in [6, 6.07) is 0. The molecule has 16 heavy (non-hydrogen) atoms. The summed E-state index contributed by atoms with van der Waals surface area (Å²) in [6.45, 7) is 3.33. The van der Waals surface area contributed by atoms with Crippen LogP contribution in [0.5, 0.6) is 0 Å². The fourth-order valence-electron chi connectivity index (χ4n) is 1.74. The molecule has 1 aliphatic heterocycles. The molecule has 4 heteroatoms. The zero-order valence-corrected chi connectivity index (χ0v) is 9.41. The van der Waals surface area contributed by atoms with Gasteiger partial charge in [0.05, 0.1) is 6.08 Å². The quantitative estimate of drug-likeness (QED) is 0.539. The van der Waals surface area contributed by atoms with Crippen molar-refractivity contribution in [2.45, 2.75) is 38.9 Å². The first-order valence-corrected chi connectivity index (χ1v) is 5.36. The van der Waals surface area contributed by atoms with E-state index in [1.54, 1.807) is 13.8 Å². The van der Waals surface area contributed by atoms with Crippen LogP contribution in [-0.2, 0) is 19.1 Å². The van der Waals surface area contributed by atoms with Crippen LogP contribution >= 0.6 is 0 Å². The smallest absolute Gasteiger partial charge is 0.337 e. The van der Waals surface area contributed by atoms with Crippen molar-refractivity contribution in [2.75, 3.05) is 0 Å². The van der Waals surface area contributed by atoms with E-state index in [9.17, 15) is 9.59 Å². The summed E-state index contributed by atoms with van der Waals surface area (Å²) in [5, 5.41) is 0. The average molecular weight is 222 g/mol. The van der Waals surface area contributed by atoms with Gasteiger partial charge >= 0.3 is 5.97 Å². The predicted octanol–water partition coefficient (Wildman–Crippen LogP) is 1.74. The standard InChI is InChI=1S/C12H14O4/c1-12(2)15-10(6-11(14)16-12)5-9(7-13)8-3-4-8/h6,8H,3-5H2,1-2H3. The maximum atomic E-state index is 11.3. The summed E-state index contributed by atoms with van der Waals surface area (Å²) < 4.78 is 10.4.